The van der Waals surface area contributed by atoms with Crippen LogP contribution in [0.2, 0.25) is 0 Å². The number of piperazine rings is 1. The normalized spacial score (nSPS) is 29.0. The molecule has 2 rings (SSSR count). The molecule has 1 N–H and O–H groups in total. The Bertz CT molecular complexity index is 286. The van der Waals surface area contributed by atoms with Crippen LogP contribution in [0.3, 0.4) is 0 Å². The molecule has 0 aliphatic carbocycles. The van der Waals surface area contributed by atoms with Crippen molar-refractivity contribution >= 4 is 0 Å². The van der Waals surface area contributed by atoms with Crippen LogP contribution in [0.4, 0.5) is 0 Å². The molecule has 1 fully saturated rings. The Balaban J connectivity index is 2.17. The predicted octanol–water partition coefficient (Wildman–Crippen LogP) is 1.05. The van der Waals surface area contributed by atoms with Crippen LogP contribution in [0.1, 0.15) is 18.5 Å². The maximum absolute atomic E-state index is 4.16. The molecule has 1 unspecified atom stereocenters. The molecule has 3 heteroatoms. The van der Waals surface area contributed by atoms with Crippen LogP contribution in [0, 0.1) is 0 Å². The molecule has 0 bridgehead atoms. The van der Waals surface area contributed by atoms with Crippen LogP contribution in [0.15, 0.2) is 24.5 Å². The van der Waals surface area contributed by atoms with Crippen molar-refractivity contribution < 1.29 is 0 Å². The van der Waals surface area contributed by atoms with E-state index >= 15 is 0 Å². The van der Waals surface area contributed by atoms with E-state index in [-0.39, 0.29) is 0 Å². The van der Waals surface area contributed by atoms with E-state index in [1.54, 1.807) is 0 Å². The topological polar surface area (TPSA) is 28.2 Å². The van der Waals surface area contributed by atoms with Crippen molar-refractivity contribution in [3.63, 3.8) is 0 Å². The molecule has 3 nitrogen and oxygen atoms in total. The summed E-state index contributed by atoms with van der Waals surface area (Å²) in [5.74, 6) is 0. The molecular formula is C11H17N3. The van der Waals surface area contributed by atoms with Crippen LogP contribution in [0.5, 0.6) is 0 Å². The lowest BCUT2D eigenvalue weighted by Gasteiger charge is -2.38. The van der Waals surface area contributed by atoms with Crippen molar-refractivity contribution in [1.29, 1.82) is 0 Å². The summed E-state index contributed by atoms with van der Waals surface area (Å²) in [6, 6.07) is 5.21. The summed E-state index contributed by atoms with van der Waals surface area (Å²) in [5, 5.41) is 3.44. The van der Waals surface area contributed by atoms with Gasteiger partial charge in [-0.15, -0.1) is 0 Å². The summed E-state index contributed by atoms with van der Waals surface area (Å²) < 4.78 is 0. The van der Waals surface area contributed by atoms with Gasteiger partial charge in [0, 0.05) is 37.6 Å². The van der Waals surface area contributed by atoms with Gasteiger partial charge in [-0.1, -0.05) is 6.07 Å². The van der Waals surface area contributed by atoms with Gasteiger partial charge >= 0.3 is 0 Å². The Kier molecular flexibility index (Phi) is 2.79. The van der Waals surface area contributed by atoms with Crippen LogP contribution in [0.25, 0.3) is 0 Å². The van der Waals surface area contributed by atoms with Crippen LogP contribution in [-0.4, -0.2) is 36.1 Å². The fourth-order valence-corrected chi connectivity index (χ4v) is 1.95. The van der Waals surface area contributed by atoms with Gasteiger partial charge in [0.25, 0.3) is 0 Å². The van der Waals surface area contributed by atoms with Gasteiger partial charge < -0.3 is 5.32 Å². The zero-order valence-corrected chi connectivity index (χ0v) is 8.77. The van der Waals surface area contributed by atoms with E-state index in [1.807, 2.05) is 18.5 Å². The predicted molar refractivity (Wildman–Crippen MR) is 57.1 cm³/mol. The zero-order valence-electron chi connectivity index (χ0n) is 8.77. The maximum Gasteiger partial charge on any atom is 0.0488 e. The third kappa shape index (κ3) is 1.79. The first-order chi connectivity index (χ1) is 6.79. The third-order valence-corrected chi connectivity index (χ3v) is 3.03. The minimum Gasteiger partial charge on any atom is -0.313 e. The van der Waals surface area contributed by atoms with Crippen LogP contribution < -0.4 is 5.32 Å². The van der Waals surface area contributed by atoms with Gasteiger partial charge in [0.2, 0.25) is 0 Å². The highest BCUT2D eigenvalue weighted by atomic mass is 15.2. The average Bonchev–Trinajstić information content (AvgIpc) is 2.23. The van der Waals surface area contributed by atoms with E-state index in [9.17, 15) is 0 Å². The standard InChI is InChI=1S/C11H17N3/c1-9-6-13-8-11(14(9)2)10-4-3-5-12-7-10/h3-5,7,9,11,13H,6,8H2,1-2H3/t9-,11?/m1/s1. The van der Waals surface area contributed by atoms with Gasteiger partial charge in [0.15, 0.2) is 0 Å². The molecule has 1 aromatic rings. The number of nitrogens with one attached hydrogen (secondary N) is 1. The molecule has 2 heterocycles. The number of rotatable bonds is 1. The minimum atomic E-state index is 0.465. The summed E-state index contributed by atoms with van der Waals surface area (Å²) in [6.45, 7) is 4.34. The van der Waals surface area contributed by atoms with Crippen LogP contribution >= 0.6 is 0 Å². The maximum atomic E-state index is 4.16. The second-order valence-corrected chi connectivity index (χ2v) is 3.97. The molecule has 14 heavy (non-hydrogen) atoms. The largest absolute Gasteiger partial charge is 0.313 e. The first kappa shape index (κ1) is 9.62. The highest BCUT2D eigenvalue weighted by molar-refractivity contribution is 5.15. The summed E-state index contributed by atoms with van der Waals surface area (Å²) in [6.07, 6.45) is 3.78. The summed E-state index contributed by atoms with van der Waals surface area (Å²) in [4.78, 5) is 6.58. The van der Waals surface area contributed by atoms with Gasteiger partial charge in [-0.2, -0.15) is 0 Å². The molecular weight excluding hydrogens is 174 g/mol. The summed E-state index contributed by atoms with van der Waals surface area (Å²) in [7, 11) is 2.18. The van der Waals surface area contributed by atoms with Crippen molar-refractivity contribution in [2.45, 2.75) is 19.0 Å². The summed E-state index contributed by atoms with van der Waals surface area (Å²) >= 11 is 0. The van der Waals surface area contributed by atoms with E-state index in [2.05, 4.69) is 35.2 Å². The fourth-order valence-electron chi connectivity index (χ4n) is 1.95. The lowest BCUT2D eigenvalue weighted by Crippen LogP contribution is -2.49. The fraction of sp³-hybridized carbons (Fsp3) is 0.545. The molecule has 1 aliphatic rings. The average molecular weight is 191 g/mol. The highest BCUT2D eigenvalue weighted by Crippen LogP contribution is 2.22. The van der Waals surface area contributed by atoms with Crippen molar-refractivity contribution in [2.24, 2.45) is 0 Å². The van der Waals surface area contributed by atoms with Gasteiger partial charge in [-0.05, 0) is 25.6 Å². The van der Waals surface area contributed by atoms with Crippen molar-refractivity contribution in [3.05, 3.63) is 30.1 Å². The minimum absolute atomic E-state index is 0.465. The first-order valence-corrected chi connectivity index (χ1v) is 5.11. The molecule has 0 saturated carbocycles. The number of likely N-dealkylation sites (N-methyl/N-ethyl adjacent to an activating group) is 1. The SMILES string of the molecule is C[C@@H]1CNCC(c2cccnc2)N1C. The zero-order chi connectivity index (χ0) is 9.97. The number of hydrogen-bond donors (Lipinski definition) is 1. The Morgan fingerprint density at radius 1 is 1.50 bits per heavy atom. The monoisotopic (exact) mass is 191 g/mol. The molecule has 1 aliphatic heterocycles. The second kappa shape index (κ2) is 4.07. The molecule has 2 atom stereocenters. The van der Waals surface area contributed by atoms with Crippen molar-refractivity contribution in [1.82, 2.24) is 15.2 Å². The second-order valence-electron chi connectivity index (χ2n) is 3.97. The van der Waals surface area contributed by atoms with E-state index in [0.717, 1.165) is 13.1 Å². The Hall–Kier alpha value is -0.930. The number of hydrogen-bond acceptors (Lipinski definition) is 3. The van der Waals surface area contributed by atoms with Gasteiger partial charge in [0.05, 0.1) is 0 Å². The Morgan fingerprint density at radius 2 is 2.36 bits per heavy atom. The van der Waals surface area contributed by atoms with E-state index in [0.29, 0.717) is 12.1 Å². The molecule has 1 aromatic heterocycles. The van der Waals surface area contributed by atoms with Gasteiger partial charge in [-0.25, -0.2) is 0 Å². The van der Waals surface area contributed by atoms with Crippen LogP contribution in [-0.2, 0) is 0 Å². The number of nitrogens with zero attached hydrogens (tertiary/aromatic N) is 2. The van der Waals surface area contributed by atoms with Crippen molar-refractivity contribution in [3.8, 4) is 0 Å². The molecule has 76 valence electrons. The molecule has 0 spiro atoms. The molecule has 0 amide bonds. The highest BCUT2D eigenvalue weighted by Gasteiger charge is 2.25. The van der Waals surface area contributed by atoms with Gasteiger partial charge in [-0.3, -0.25) is 9.88 Å². The first-order valence-electron chi connectivity index (χ1n) is 5.11. The Morgan fingerprint density at radius 3 is 3.07 bits per heavy atom. The lowest BCUT2D eigenvalue weighted by atomic mass is 10.0. The van der Waals surface area contributed by atoms with Crippen molar-refractivity contribution in [2.75, 3.05) is 20.1 Å². The molecule has 1 saturated heterocycles. The number of aromatic nitrogens is 1. The summed E-state index contributed by atoms with van der Waals surface area (Å²) in [5.41, 5.74) is 1.30. The van der Waals surface area contributed by atoms with E-state index < -0.39 is 0 Å². The molecule has 0 aromatic carbocycles. The quantitative estimate of drug-likeness (QED) is 0.719. The third-order valence-electron chi connectivity index (χ3n) is 3.03. The smallest absolute Gasteiger partial charge is 0.0488 e. The Labute approximate surface area is 85.1 Å². The van der Waals surface area contributed by atoms with E-state index in [1.165, 1.54) is 5.56 Å². The van der Waals surface area contributed by atoms with Gasteiger partial charge in [0.1, 0.15) is 0 Å². The number of pyridine rings is 1. The van der Waals surface area contributed by atoms with E-state index in [4.69, 9.17) is 0 Å². The lowest BCUT2D eigenvalue weighted by molar-refractivity contribution is 0.141. The molecule has 0 radical (unpaired) electrons.